The van der Waals surface area contributed by atoms with Gasteiger partial charge >= 0.3 is 0 Å². The number of rotatable bonds is 4. The first-order valence-electron chi connectivity index (χ1n) is 6.49. The summed E-state index contributed by atoms with van der Waals surface area (Å²) >= 11 is 3.53. The first kappa shape index (κ1) is 12.5. The summed E-state index contributed by atoms with van der Waals surface area (Å²) in [4.78, 5) is 0. The Bertz CT molecular complexity index is 473. The van der Waals surface area contributed by atoms with Gasteiger partial charge in [0.2, 0.25) is 0 Å². The van der Waals surface area contributed by atoms with Gasteiger partial charge < -0.3 is 15.6 Å². The highest BCUT2D eigenvalue weighted by Gasteiger charge is 2.43. The van der Waals surface area contributed by atoms with E-state index in [4.69, 9.17) is 10.5 Å². The van der Waals surface area contributed by atoms with E-state index in [2.05, 4.69) is 22.0 Å². The van der Waals surface area contributed by atoms with Crippen LogP contribution in [0, 0.1) is 5.92 Å². The molecule has 4 heteroatoms. The third-order valence-electron chi connectivity index (χ3n) is 4.01. The van der Waals surface area contributed by atoms with Crippen LogP contribution in [0.1, 0.15) is 24.0 Å². The second-order valence-corrected chi connectivity index (χ2v) is 6.33. The molecule has 0 radical (unpaired) electrons. The summed E-state index contributed by atoms with van der Waals surface area (Å²) in [5.74, 6) is 1.32. The van der Waals surface area contributed by atoms with Crippen LogP contribution in [0.3, 0.4) is 0 Å². The number of ether oxygens (including phenoxy) is 1. The number of aliphatic hydroxyl groups is 1. The predicted molar refractivity (Wildman–Crippen MR) is 73.8 cm³/mol. The highest BCUT2D eigenvalue weighted by molar-refractivity contribution is 9.10. The molecule has 2 aliphatic rings. The fourth-order valence-corrected chi connectivity index (χ4v) is 3.36. The van der Waals surface area contributed by atoms with E-state index in [1.807, 2.05) is 6.07 Å². The molecule has 18 heavy (non-hydrogen) atoms. The van der Waals surface area contributed by atoms with Crippen molar-refractivity contribution >= 4 is 15.9 Å². The molecule has 3 nitrogen and oxygen atoms in total. The van der Waals surface area contributed by atoms with Crippen molar-refractivity contribution in [3.05, 3.63) is 27.7 Å². The lowest BCUT2D eigenvalue weighted by Gasteiger charge is -2.27. The molecule has 0 spiro atoms. The summed E-state index contributed by atoms with van der Waals surface area (Å²) in [5.41, 5.74) is 7.32. The van der Waals surface area contributed by atoms with Crippen LogP contribution < -0.4 is 10.5 Å². The topological polar surface area (TPSA) is 55.5 Å². The first-order valence-corrected chi connectivity index (χ1v) is 7.28. The number of nitrogens with two attached hydrogens (primary N) is 1. The van der Waals surface area contributed by atoms with Gasteiger partial charge in [0.25, 0.3) is 0 Å². The number of benzene rings is 1. The Labute approximate surface area is 115 Å². The van der Waals surface area contributed by atoms with Crippen molar-refractivity contribution in [2.24, 2.45) is 11.7 Å². The second kappa shape index (κ2) is 4.51. The lowest BCUT2D eigenvalue weighted by atomic mass is 9.88. The molecule has 3 N–H and O–H groups in total. The molecule has 98 valence electrons. The molecule has 0 bridgehead atoms. The third-order valence-corrected chi connectivity index (χ3v) is 4.47. The van der Waals surface area contributed by atoms with Crippen LogP contribution in [0.25, 0.3) is 0 Å². The standard InChI is InChI=1S/C14H18BrNO2/c15-12-5-9-3-4-18-13(9)10(6-12)7-14(17,8-16)11-1-2-11/h5-6,11,17H,1-4,7-8,16H2. The van der Waals surface area contributed by atoms with Crippen LogP contribution in [0.4, 0.5) is 0 Å². The van der Waals surface area contributed by atoms with Gasteiger partial charge in [-0.3, -0.25) is 0 Å². The van der Waals surface area contributed by atoms with Crippen molar-refractivity contribution in [3.8, 4) is 5.75 Å². The minimum Gasteiger partial charge on any atom is -0.493 e. The Morgan fingerprint density at radius 2 is 2.22 bits per heavy atom. The monoisotopic (exact) mass is 311 g/mol. The summed E-state index contributed by atoms with van der Waals surface area (Å²) in [6, 6.07) is 4.15. The summed E-state index contributed by atoms with van der Waals surface area (Å²) in [5, 5.41) is 10.6. The largest absolute Gasteiger partial charge is 0.493 e. The molecule has 0 aromatic heterocycles. The Kier molecular flexibility index (Phi) is 3.12. The SMILES string of the molecule is NCC(O)(Cc1cc(Br)cc2c1OCC2)C1CC1. The average Bonchev–Trinajstić information content (AvgIpc) is 3.09. The van der Waals surface area contributed by atoms with E-state index in [0.717, 1.165) is 41.7 Å². The van der Waals surface area contributed by atoms with Crippen molar-refractivity contribution in [1.29, 1.82) is 0 Å². The molecule has 1 atom stereocenters. The van der Waals surface area contributed by atoms with Crippen molar-refractivity contribution in [3.63, 3.8) is 0 Å². The van der Waals surface area contributed by atoms with Gasteiger partial charge in [0.1, 0.15) is 5.75 Å². The van der Waals surface area contributed by atoms with Gasteiger partial charge in [-0.05, 0) is 42.0 Å². The minimum atomic E-state index is -0.763. The molecule has 0 saturated heterocycles. The summed E-state index contributed by atoms with van der Waals surface area (Å²) in [6.07, 6.45) is 3.72. The molecule has 1 saturated carbocycles. The Hall–Kier alpha value is -0.580. The molecule has 3 rings (SSSR count). The first-order chi connectivity index (χ1) is 8.62. The van der Waals surface area contributed by atoms with E-state index in [1.165, 1.54) is 5.56 Å². The lowest BCUT2D eigenvalue weighted by Crippen LogP contribution is -2.42. The van der Waals surface area contributed by atoms with Gasteiger partial charge in [-0.15, -0.1) is 0 Å². The molecule has 1 aromatic carbocycles. The van der Waals surface area contributed by atoms with Crippen molar-refractivity contribution in [2.75, 3.05) is 13.2 Å². The van der Waals surface area contributed by atoms with Crippen molar-refractivity contribution in [2.45, 2.75) is 31.3 Å². The molecule has 1 fully saturated rings. The Morgan fingerprint density at radius 1 is 1.44 bits per heavy atom. The van der Waals surface area contributed by atoms with Crippen LogP contribution >= 0.6 is 15.9 Å². The van der Waals surface area contributed by atoms with Gasteiger partial charge in [-0.25, -0.2) is 0 Å². The maximum absolute atomic E-state index is 10.6. The zero-order chi connectivity index (χ0) is 12.8. The van der Waals surface area contributed by atoms with E-state index in [9.17, 15) is 5.11 Å². The second-order valence-electron chi connectivity index (χ2n) is 5.41. The molecule has 1 aliphatic heterocycles. The van der Waals surface area contributed by atoms with E-state index >= 15 is 0 Å². The minimum absolute atomic E-state index is 0.318. The molecule has 0 amide bonds. The highest BCUT2D eigenvalue weighted by atomic mass is 79.9. The fraction of sp³-hybridized carbons (Fsp3) is 0.571. The molecule has 1 unspecified atom stereocenters. The molecule has 1 heterocycles. The van der Waals surface area contributed by atoms with Crippen LogP contribution in [0.15, 0.2) is 16.6 Å². The zero-order valence-electron chi connectivity index (χ0n) is 10.3. The maximum atomic E-state index is 10.6. The van der Waals surface area contributed by atoms with Gasteiger partial charge in [-0.2, -0.15) is 0 Å². The van der Waals surface area contributed by atoms with Crippen LogP contribution in [0.5, 0.6) is 5.75 Å². The molecular weight excluding hydrogens is 294 g/mol. The van der Waals surface area contributed by atoms with E-state index < -0.39 is 5.60 Å². The predicted octanol–water partition coefficient (Wildman–Crippen LogP) is 2.03. The number of halogens is 1. The maximum Gasteiger partial charge on any atom is 0.125 e. The zero-order valence-corrected chi connectivity index (χ0v) is 11.9. The van der Waals surface area contributed by atoms with Gasteiger partial charge in [0, 0.05) is 23.9 Å². The van der Waals surface area contributed by atoms with Gasteiger partial charge in [0.15, 0.2) is 0 Å². The van der Waals surface area contributed by atoms with Crippen LogP contribution in [-0.4, -0.2) is 23.9 Å². The van der Waals surface area contributed by atoms with Crippen LogP contribution in [-0.2, 0) is 12.8 Å². The van der Waals surface area contributed by atoms with E-state index in [0.29, 0.717) is 18.9 Å². The lowest BCUT2D eigenvalue weighted by molar-refractivity contribution is 0.0261. The summed E-state index contributed by atoms with van der Waals surface area (Å²) < 4.78 is 6.76. The normalized spacial score (nSPS) is 21.3. The van der Waals surface area contributed by atoms with Crippen molar-refractivity contribution in [1.82, 2.24) is 0 Å². The van der Waals surface area contributed by atoms with Gasteiger partial charge in [0.05, 0.1) is 12.2 Å². The van der Waals surface area contributed by atoms with Gasteiger partial charge in [-0.1, -0.05) is 15.9 Å². The Balaban J connectivity index is 1.92. The number of fused-ring (bicyclic) bond motifs is 1. The Morgan fingerprint density at radius 3 is 2.89 bits per heavy atom. The highest BCUT2D eigenvalue weighted by Crippen LogP contribution is 2.43. The third kappa shape index (κ3) is 2.17. The smallest absolute Gasteiger partial charge is 0.125 e. The van der Waals surface area contributed by atoms with E-state index in [-0.39, 0.29) is 0 Å². The summed E-state index contributed by atoms with van der Waals surface area (Å²) in [7, 11) is 0. The quantitative estimate of drug-likeness (QED) is 0.894. The molecule has 1 aliphatic carbocycles. The fourth-order valence-electron chi connectivity index (χ4n) is 2.81. The molecular formula is C14H18BrNO2. The summed E-state index contributed by atoms with van der Waals surface area (Å²) in [6.45, 7) is 1.06. The average molecular weight is 312 g/mol. The van der Waals surface area contributed by atoms with E-state index in [1.54, 1.807) is 0 Å². The molecule has 1 aromatic rings. The number of hydrogen-bond donors (Lipinski definition) is 2. The number of hydrogen-bond acceptors (Lipinski definition) is 3. The van der Waals surface area contributed by atoms with Crippen molar-refractivity contribution < 1.29 is 9.84 Å². The van der Waals surface area contributed by atoms with Crippen LogP contribution in [0.2, 0.25) is 0 Å².